The number of thiocarbonyl (C=S) groups is 1. The van der Waals surface area contributed by atoms with Crippen molar-refractivity contribution in [3.63, 3.8) is 0 Å². The van der Waals surface area contributed by atoms with Crippen molar-refractivity contribution >= 4 is 51.4 Å². The molecule has 0 saturated heterocycles. The molecule has 3 rings (SSSR count). The Hall–Kier alpha value is -3.52. The van der Waals surface area contributed by atoms with Gasteiger partial charge in [0.25, 0.3) is 5.91 Å². The molecule has 0 aliphatic carbocycles. The lowest BCUT2D eigenvalue weighted by Gasteiger charge is -2.09. The van der Waals surface area contributed by atoms with Gasteiger partial charge in [0.2, 0.25) is 0 Å². The molecule has 0 unspecified atom stereocenters. The minimum Gasteiger partial charge on any atom is -0.465 e. The van der Waals surface area contributed by atoms with Crippen LogP contribution in [0.1, 0.15) is 31.2 Å². The first-order chi connectivity index (χ1) is 16.4. The van der Waals surface area contributed by atoms with E-state index in [1.165, 1.54) is 24.3 Å². The van der Waals surface area contributed by atoms with Gasteiger partial charge in [-0.25, -0.2) is 22.4 Å². The third-order valence-corrected chi connectivity index (χ3v) is 6.17. The number of thiophene rings is 1. The van der Waals surface area contributed by atoms with Crippen LogP contribution in [0.15, 0.2) is 18.3 Å². The van der Waals surface area contributed by atoms with Crippen molar-refractivity contribution in [1.29, 1.82) is 0 Å². The first kappa shape index (κ1) is 26.1. The minimum atomic E-state index is -1.52. The fourth-order valence-electron chi connectivity index (χ4n) is 3.05. The summed E-state index contributed by atoms with van der Waals surface area (Å²) < 4.78 is 60.6. The molecular formula is C21H19F4N5O3S2. The molecule has 186 valence electrons. The highest BCUT2D eigenvalue weighted by atomic mass is 32.1. The van der Waals surface area contributed by atoms with Gasteiger partial charge in [-0.1, -0.05) is 0 Å². The van der Waals surface area contributed by atoms with E-state index >= 15 is 0 Å². The van der Waals surface area contributed by atoms with E-state index in [9.17, 15) is 27.2 Å². The van der Waals surface area contributed by atoms with Gasteiger partial charge in [0.1, 0.15) is 5.00 Å². The van der Waals surface area contributed by atoms with E-state index < -0.39 is 41.3 Å². The number of halogens is 4. The smallest absolute Gasteiger partial charge is 0.341 e. The predicted molar refractivity (Wildman–Crippen MR) is 126 cm³/mol. The third kappa shape index (κ3) is 5.43. The highest BCUT2D eigenvalue weighted by Gasteiger charge is 2.26. The Kier molecular flexibility index (Phi) is 7.75. The highest BCUT2D eigenvalue weighted by Crippen LogP contribution is 2.34. The molecule has 2 aromatic heterocycles. The molecule has 3 aromatic rings. The van der Waals surface area contributed by atoms with Crippen LogP contribution in [-0.2, 0) is 11.3 Å². The molecule has 0 aliphatic rings. The zero-order valence-corrected chi connectivity index (χ0v) is 20.5. The summed E-state index contributed by atoms with van der Waals surface area (Å²) in [6.45, 7) is 1.02. The SMILES string of the molecule is COC(=O)c1c(NC(=S)Nc2ccn(Cc3c(F)c(F)cc(F)c3F)n2)sc(C(=O)N(C)C)c1C. The molecule has 2 N–H and O–H groups in total. The Balaban J connectivity index is 1.79. The quantitative estimate of drug-likeness (QED) is 0.215. The largest absolute Gasteiger partial charge is 0.465 e. The van der Waals surface area contributed by atoms with E-state index in [0.717, 1.165) is 16.0 Å². The van der Waals surface area contributed by atoms with Crippen LogP contribution in [0.3, 0.4) is 0 Å². The standard InChI is InChI=1S/C21H19F4N5O3S2/c1-9-14(20(32)33-4)18(35-17(9)19(31)29(2)3)27-21(34)26-13-5-6-30(28-13)8-10-15(24)11(22)7-12(23)16(10)25/h5-7H,8H2,1-4H3,(H2,26,27,28,34). The van der Waals surface area contributed by atoms with E-state index in [1.807, 2.05) is 0 Å². The Morgan fingerprint density at radius 1 is 1.17 bits per heavy atom. The predicted octanol–water partition coefficient (Wildman–Crippen LogP) is 4.16. The maximum absolute atomic E-state index is 13.9. The number of anilines is 2. The van der Waals surface area contributed by atoms with E-state index in [1.54, 1.807) is 21.0 Å². The number of ether oxygens (including phenoxy) is 1. The lowest BCUT2D eigenvalue weighted by atomic mass is 10.1. The van der Waals surface area contributed by atoms with Crippen LogP contribution in [0.4, 0.5) is 28.4 Å². The van der Waals surface area contributed by atoms with Crippen LogP contribution in [0.25, 0.3) is 0 Å². The van der Waals surface area contributed by atoms with Gasteiger partial charge in [-0.05, 0) is 24.7 Å². The van der Waals surface area contributed by atoms with E-state index in [0.29, 0.717) is 10.4 Å². The Labute approximate surface area is 206 Å². The second-order valence-corrected chi connectivity index (χ2v) is 8.80. The maximum Gasteiger partial charge on any atom is 0.341 e. The molecule has 0 radical (unpaired) electrons. The van der Waals surface area contributed by atoms with E-state index in [-0.39, 0.29) is 33.5 Å². The molecular weight excluding hydrogens is 510 g/mol. The number of amides is 1. The van der Waals surface area contributed by atoms with Crippen molar-refractivity contribution in [2.45, 2.75) is 13.5 Å². The molecule has 0 aliphatic heterocycles. The molecule has 0 fully saturated rings. The van der Waals surface area contributed by atoms with Crippen molar-refractivity contribution in [1.82, 2.24) is 14.7 Å². The maximum atomic E-state index is 13.9. The second-order valence-electron chi connectivity index (χ2n) is 7.38. The summed E-state index contributed by atoms with van der Waals surface area (Å²) in [5, 5.41) is 9.82. The summed E-state index contributed by atoms with van der Waals surface area (Å²) in [6, 6.07) is 1.53. The summed E-state index contributed by atoms with van der Waals surface area (Å²) in [7, 11) is 4.35. The summed E-state index contributed by atoms with van der Waals surface area (Å²) in [5.74, 6) is -6.91. The van der Waals surface area contributed by atoms with E-state index in [4.69, 9.17) is 17.0 Å². The van der Waals surface area contributed by atoms with Gasteiger partial charge in [0.05, 0.1) is 29.7 Å². The average Bonchev–Trinajstić information content (AvgIpc) is 3.37. The normalized spacial score (nSPS) is 10.7. The number of rotatable bonds is 6. The third-order valence-electron chi connectivity index (χ3n) is 4.77. The number of benzene rings is 1. The molecule has 1 aromatic carbocycles. The Morgan fingerprint density at radius 2 is 1.80 bits per heavy atom. The molecule has 35 heavy (non-hydrogen) atoms. The van der Waals surface area contributed by atoms with Crippen LogP contribution < -0.4 is 10.6 Å². The van der Waals surface area contributed by atoms with Gasteiger partial charge in [0, 0.05) is 32.4 Å². The monoisotopic (exact) mass is 529 g/mol. The number of esters is 1. The van der Waals surface area contributed by atoms with Crippen LogP contribution in [0.5, 0.6) is 0 Å². The van der Waals surface area contributed by atoms with Crippen molar-refractivity contribution in [2.24, 2.45) is 0 Å². The fourth-order valence-corrected chi connectivity index (χ4v) is 4.54. The number of hydrogen-bond donors (Lipinski definition) is 2. The number of carbonyl (C=O) groups is 2. The van der Waals surface area contributed by atoms with Crippen LogP contribution in [0.2, 0.25) is 0 Å². The van der Waals surface area contributed by atoms with Crippen molar-refractivity contribution < 1.29 is 31.9 Å². The second kappa shape index (κ2) is 10.4. The van der Waals surface area contributed by atoms with E-state index in [2.05, 4.69) is 15.7 Å². The lowest BCUT2D eigenvalue weighted by Crippen LogP contribution is -2.21. The first-order valence-electron chi connectivity index (χ1n) is 9.81. The number of aromatic nitrogens is 2. The number of carbonyl (C=O) groups excluding carboxylic acids is 2. The number of methoxy groups -OCH3 is 1. The molecule has 14 heteroatoms. The fraction of sp³-hybridized carbons (Fsp3) is 0.238. The van der Waals surface area contributed by atoms with Gasteiger partial charge >= 0.3 is 5.97 Å². The lowest BCUT2D eigenvalue weighted by molar-refractivity contribution is 0.0601. The van der Waals surface area contributed by atoms with Crippen molar-refractivity contribution in [3.05, 3.63) is 63.2 Å². The summed E-state index contributed by atoms with van der Waals surface area (Å²) in [5.41, 5.74) is -0.273. The van der Waals surface area contributed by atoms with Gasteiger partial charge in [-0.2, -0.15) is 5.10 Å². The minimum absolute atomic E-state index is 0.0142. The zero-order chi connectivity index (χ0) is 26.0. The Bertz CT molecular complexity index is 1300. The number of nitrogens with zero attached hydrogens (tertiary/aromatic N) is 3. The zero-order valence-electron chi connectivity index (χ0n) is 18.8. The van der Waals surface area contributed by atoms with Gasteiger partial charge < -0.3 is 20.3 Å². The van der Waals surface area contributed by atoms with Crippen LogP contribution in [0, 0.1) is 30.2 Å². The molecule has 1 amide bonds. The van der Waals surface area contributed by atoms with Crippen molar-refractivity contribution in [2.75, 3.05) is 31.8 Å². The Morgan fingerprint density at radius 3 is 2.37 bits per heavy atom. The van der Waals surface area contributed by atoms with Gasteiger partial charge in [0.15, 0.2) is 34.2 Å². The molecule has 0 saturated carbocycles. The number of nitrogens with one attached hydrogen (secondary N) is 2. The van der Waals surface area contributed by atoms with Gasteiger partial charge in [-0.15, -0.1) is 11.3 Å². The average molecular weight is 530 g/mol. The summed E-state index contributed by atoms with van der Waals surface area (Å²) >= 11 is 6.26. The summed E-state index contributed by atoms with van der Waals surface area (Å²) in [6.07, 6.45) is 1.32. The van der Waals surface area contributed by atoms with Crippen LogP contribution in [-0.4, -0.2) is 52.9 Å². The summed E-state index contributed by atoms with van der Waals surface area (Å²) in [4.78, 5) is 26.4. The van der Waals surface area contributed by atoms with Gasteiger partial charge in [-0.3, -0.25) is 9.48 Å². The molecule has 2 heterocycles. The molecule has 0 atom stereocenters. The molecule has 0 bridgehead atoms. The molecule has 8 nitrogen and oxygen atoms in total. The highest BCUT2D eigenvalue weighted by molar-refractivity contribution is 7.80. The topological polar surface area (TPSA) is 88.5 Å². The van der Waals surface area contributed by atoms with Crippen molar-refractivity contribution in [3.8, 4) is 0 Å². The van der Waals surface area contributed by atoms with Crippen LogP contribution >= 0.6 is 23.6 Å². The number of hydrogen-bond acceptors (Lipinski definition) is 6. The first-order valence-corrected chi connectivity index (χ1v) is 11.0. The molecule has 0 spiro atoms.